The summed E-state index contributed by atoms with van der Waals surface area (Å²) in [6, 6.07) is 17.3. The SMILES string of the molecule is CC[C@@H](C(=O)Nc1ccccc1OC)n1c(SCc2cccc(C)c2)nc2ccncc21. The summed E-state index contributed by atoms with van der Waals surface area (Å²) in [5.41, 5.74) is 4.77. The molecule has 6 nitrogen and oxygen atoms in total. The third-order valence-corrected chi connectivity index (χ3v) is 6.30. The van der Waals surface area contributed by atoms with Crippen LogP contribution in [-0.4, -0.2) is 27.6 Å². The molecular formula is C25H26N4O2S. The lowest BCUT2D eigenvalue weighted by Crippen LogP contribution is -2.26. The first kappa shape index (κ1) is 21.9. The minimum Gasteiger partial charge on any atom is -0.495 e. The van der Waals surface area contributed by atoms with Crippen molar-refractivity contribution >= 4 is 34.4 Å². The van der Waals surface area contributed by atoms with Crippen LogP contribution in [0.15, 0.2) is 72.1 Å². The van der Waals surface area contributed by atoms with Gasteiger partial charge in [-0.15, -0.1) is 0 Å². The van der Waals surface area contributed by atoms with Crippen LogP contribution in [0.5, 0.6) is 5.75 Å². The number of hydrogen-bond acceptors (Lipinski definition) is 5. The lowest BCUT2D eigenvalue weighted by Gasteiger charge is -2.20. The molecule has 0 fully saturated rings. The second-order valence-corrected chi connectivity index (χ2v) is 8.46. The number of carbonyl (C=O) groups is 1. The quantitative estimate of drug-likeness (QED) is 0.355. The van der Waals surface area contributed by atoms with Crippen LogP contribution in [0.2, 0.25) is 0 Å². The molecule has 0 saturated carbocycles. The average Bonchev–Trinajstić information content (AvgIpc) is 3.17. The number of thioether (sulfide) groups is 1. The van der Waals surface area contributed by atoms with E-state index in [0.29, 0.717) is 17.9 Å². The summed E-state index contributed by atoms with van der Waals surface area (Å²) in [6.45, 7) is 4.09. The molecule has 2 aromatic heterocycles. The fourth-order valence-corrected chi connectivity index (χ4v) is 4.72. The van der Waals surface area contributed by atoms with Crippen molar-refractivity contribution in [2.24, 2.45) is 0 Å². The van der Waals surface area contributed by atoms with E-state index in [0.717, 1.165) is 21.9 Å². The molecule has 2 heterocycles. The van der Waals surface area contributed by atoms with Gasteiger partial charge in [-0.2, -0.15) is 0 Å². The Bertz CT molecular complexity index is 1240. The summed E-state index contributed by atoms with van der Waals surface area (Å²) in [5.74, 6) is 1.28. The van der Waals surface area contributed by atoms with Crippen molar-refractivity contribution in [1.29, 1.82) is 0 Å². The first-order chi connectivity index (χ1) is 15.6. The smallest absolute Gasteiger partial charge is 0.247 e. The van der Waals surface area contributed by atoms with Gasteiger partial charge in [-0.1, -0.05) is 60.6 Å². The Morgan fingerprint density at radius 2 is 2.03 bits per heavy atom. The Labute approximate surface area is 192 Å². The number of aryl methyl sites for hydroxylation is 1. The number of imidazole rings is 1. The Morgan fingerprint density at radius 1 is 1.19 bits per heavy atom. The Kier molecular flexibility index (Phi) is 6.75. The van der Waals surface area contributed by atoms with Crippen LogP contribution in [0, 0.1) is 6.92 Å². The van der Waals surface area contributed by atoms with E-state index in [1.807, 2.05) is 41.8 Å². The van der Waals surface area contributed by atoms with Crippen molar-refractivity contribution in [2.45, 2.75) is 37.2 Å². The molecule has 0 saturated heterocycles. The first-order valence-corrected chi connectivity index (χ1v) is 11.5. The van der Waals surface area contributed by atoms with Crippen LogP contribution in [0.25, 0.3) is 11.0 Å². The summed E-state index contributed by atoms with van der Waals surface area (Å²) >= 11 is 1.63. The zero-order chi connectivity index (χ0) is 22.5. The standard InChI is InChI=1S/C25H26N4O2S/c1-4-21(24(30)27-20-10-5-6-11-23(20)31-3)29-22-15-26-13-12-19(22)28-25(29)32-16-18-9-7-8-17(2)14-18/h5-15,21H,4,16H2,1-3H3,(H,27,30)/t21-/m0/s1. The van der Waals surface area contributed by atoms with Gasteiger partial charge in [0.1, 0.15) is 11.8 Å². The zero-order valence-electron chi connectivity index (χ0n) is 18.4. The van der Waals surface area contributed by atoms with Crippen molar-refractivity contribution in [2.75, 3.05) is 12.4 Å². The molecule has 0 spiro atoms. The molecule has 0 aliphatic carbocycles. The Balaban J connectivity index is 1.67. The molecule has 7 heteroatoms. The van der Waals surface area contributed by atoms with Gasteiger partial charge in [0.15, 0.2) is 5.16 Å². The molecule has 4 aromatic rings. The number of hydrogen-bond donors (Lipinski definition) is 1. The number of carbonyl (C=O) groups excluding carboxylic acids is 1. The average molecular weight is 447 g/mol. The van der Waals surface area contributed by atoms with E-state index in [1.165, 1.54) is 11.1 Å². The summed E-state index contributed by atoms with van der Waals surface area (Å²) in [6.07, 6.45) is 4.11. The van der Waals surface area contributed by atoms with Crippen molar-refractivity contribution in [1.82, 2.24) is 14.5 Å². The molecule has 1 amide bonds. The van der Waals surface area contributed by atoms with Gasteiger partial charge in [0.25, 0.3) is 0 Å². The Hall–Kier alpha value is -3.32. The number of pyridine rings is 1. The number of methoxy groups -OCH3 is 1. The van der Waals surface area contributed by atoms with Gasteiger partial charge >= 0.3 is 0 Å². The summed E-state index contributed by atoms with van der Waals surface area (Å²) in [4.78, 5) is 22.5. The van der Waals surface area contributed by atoms with E-state index in [2.05, 4.69) is 41.5 Å². The first-order valence-electron chi connectivity index (χ1n) is 10.5. The maximum absolute atomic E-state index is 13.4. The minimum absolute atomic E-state index is 0.113. The molecule has 32 heavy (non-hydrogen) atoms. The number of para-hydroxylation sites is 2. The van der Waals surface area contributed by atoms with Gasteiger partial charge in [0.05, 0.1) is 30.0 Å². The molecule has 4 rings (SSSR count). The molecule has 0 radical (unpaired) electrons. The van der Waals surface area contributed by atoms with E-state index < -0.39 is 6.04 Å². The predicted molar refractivity (Wildman–Crippen MR) is 129 cm³/mol. The summed E-state index contributed by atoms with van der Waals surface area (Å²) < 4.78 is 7.40. The van der Waals surface area contributed by atoms with Crippen molar-refractivity contribution in [3.63, 3.8) is 0 Å². The van der Waals surface area contributed by atoms with Crippen LogP contribution in [0.1, 0.15) is 30.5 Å². The summed E-state index contributed by atoms with van der Waals surface area (Å²) in [5, 5.41) is 3.83. The highest BCUT2D eigenvalue weighted by molar-refractivity contribution is 7.98. The number of rotatable bonds is 8. The summed E-state index contributed by atoms with van der Waals surface area (Å²) in [7, 11) is 1.59. The lowest BCUT2D eigenvalue weighted by molar-refractivity contribution is -0.119. The van der Waals surface area contributed by atoms with Crippen LogP contribution in [0.4, 0.5) is 5.69 Å². The van der Waals surface area contributed by atoms with Gasteiger partial charge in [0, 0.05) is 11.9 Å². The molecule has 0 aliphatic heterocycles. The number of fused-ring (bicyclic) bond motifs is 1. The van der Waals surface area contributed by atoms with Gasteiger partial charge in [0.2, 0.25) is 5.91 Å². The maximum Gasteiger partial charge on any atom is 0.247 e. The molecule has 1 atom stereocenters. The van der Waals surface area contributed by atoms with Crippen molar-refractivity contribution < 1.29 is 9.53 Å². The van der Waals surface area contributed by atoms with Crippen LogP contribution in [-0.2, 0) is 10.5 Å². The second kappa shape index (κ2) is 9.87. The third kappa shape index (κ3) is 4.62. The monoisotopic (exact) mass is 446 g/mol. The number of nitrogens with one attached hydrogen (secondary N) is 1. The number of benzene rings is 2. The van der Waals surface area contributed by atoms with Gasteiger partial charge in [-0.25, -0.2) is 4.98 Å². The molecule has 2 aromatic carbocycles. The number of ether oxygens (including phenoxy) is 1. The Morgan fingerprint density at radius 3 is 2.81 bits per heavy atom. The van der Waals surface area contributed by atoms with Crippen LogP contribution < -0.4 is 10.1 Å². The van der Waals surface area contributed by atoms with Crippen LogP contribution >= 0.6 is 11.8 Å². The minimum atomic E-state index is -0.436. The number of amides is 1. The predicted octanol–water partition coefficient (Wildman–Crippen LogP) is 5.63. The molecule has 164 valence electrons. The second-order valence-electron chi connectivity index (χ2n) is 7.52. The van der Waals surface area contributed by atoms with E-state index in [1.54, 1.807) is 31.3 Å². The van der Waals surface area contributed by atoms with Crippen molar-refractivity contribution in [3.05, 3.63) is 78.1 Å². The highest BCUT2D eigenvalue weighted by Gasteiger charge is 2.25. The molecule has 0 aliphatic rings. The highest BCUT2D eigenvalue weighted by atomic mass is 32.2. The number of nitrogens with zero attached hydrogens (tertiary/aromatic N) is 3. The van der Waals surface area contributed by atoms with E-state index in [-0.39, 0.29) is 5.91 Å². The van der Waals surface area contributed by atoms with Crippen LogP contribution in [0.3, 0.4) is 0 Å². The van der Waals surface area contributed by atoms with Crippen molar-refractivity contribution in [3.8, 4) is 5.75 Å². The normalized spacial score (nSPS) is 12.0. The topological polar surface area (TPSA) is 69.0 Å². The van der Waals surface area contributed by atoms with E-state index >= 15 is 0 Å². The number of aromatic nitrogens is 3. The van der Waals surface area contributed by atoms with E-state index in [9.17, 15) is 4.79 Å². The fourth-order valence-electron chi connectivity index (χ4n) is 3.72. The maximum atomic E-state index is 13.4. The zero-order valence-corrected chi connectivity index (χ0v) is 19.2. The lowest BCUT2D eigenvalue weighted by atomic mass is 10.2. The van der Waals surface area contributed by atoms with Gasteiger partial charge in [-0.3, -0.25) is 9.78 Å². The fraction of sp³-hybridized carbons (Fsp3) is 0.240. The van der Waals surface area contributed by atoms with Gasteiger partial charge in [-0.05, 0) is 37.1 Å². The molecule has 0 bridgehead atoms. The third-order valence-electron chi connectivity index (χ3n) is 5.28. The molecule has 0 unspecified atom stereocenters. The number of anilines is 1. The van der Waals surface area contributed by atoms with E-state index in [4.69, 9.17) is 9.72 Å². The molecule has 1 N–H and O–H groups in total. The highest BCUT2D eigenvalue weighted by Crippen LogP contribution is 2.32. The largest absolute Gasteiger partial charge is 0.495 e. The molecular weight excluding hydrogens is 420 g/mol. The van der Waals surface area contributed by atoms with Gasteiger partial charge < -0.3 is 14.6 Å².